The van der Waals surface area contributed by atoms with E-state index in [1.807, 2.05) is 14.1 Å². The Kier molecular flexibility index (Phi) is 29.9. The molecule has 0 N–H and O–H groups in total. The summed E-state index contributed by atoms with van der Waals surface area (Å²) < 4.78 is 17.4. The van der Waals surface area contributed by atoms with Gasteiger partial charge in [0.2, 0.25) is 0 Å². The Morgan fingerprint density at radius 2 is 0.863 bits per heavy atom. The number of ether oxygens (including phenoxy) is 3. The minimum atomic E-state index is -0.259. The Morgan fingerprint density at radius 3 is 1.21 bits per heavy atom. The third-order valence-corrected chi connectivity index (χ3v) is 17.4. The van der Waals surface area contributed by atoms with Crippen LogP contribution in [0.5, 0.6) is 0 Å². The van der Waals surface area contributed by atoms with Crippen LogP contribution in [-0.2, 0) is 28.6 Å². The number of ketones is 3. The van der Waals surface area contributed by atoms with Gasteiger partial charge in [0.25, 0.3) is 0 Å². The predicted molar refractivity (Wildman–Crippen MR) is 304 cm³/mol. The number of likely N-dealkylation sites (N-methyl/N-ethyl adjacent to an activating group) is 2. The molecule has 73 heavy (non-hydrogen) atoms. The van der Waals surface area contributed by atoms with Crippen LogP contribution in [0.2, 0.25) is 0 Å². The SMILES string of the molecule is CC(C)CCC(=O)C1(CN2CC(N(C)C)C2)CCN(C(C)C)CC1.CC(C)CCC(=O)C1(COCCN(C)C)CCN(C(C)C)CC1.CC(C)CCC(=O)C1(COCCN2CCOCC2)CCN(C(C)C)CC1. The van der Waals surface area contributed by atoms with Crippen LogP contribution >= 0.6 is 0 Å². The van der Waals surface area contributed by atoms with Gasteiger partial charge >= 0.3 is 0 Å². The monoisotopic (exact) mass is 1030 g/mol. The first-order valence-electron chi connectivity index (χ1n) is 29.7. The molecule has 5 aliphatic heterocycles. The number of rotatable bonds is 28. The summed E-state index contributed by atoms with van der Waals surface area (Å²) in [6, 6.07) is 2.38. The Labute approximate surface area is 449 Å². The van der Waals surface area contributed by atoms with Gasteiger partial charge in [-0.3, -0.25) is 24.2 Å². The van der Waals surface area contributed by atoms with Crippen LogP contribution in [0.15, 0.2) is 0 Å². The van der Waals surface area contributed by atoms with E-state index in [4.69, 9.17) is 14.2 Å². The molecule has 0 saturated carbocycles. The number of carbonyl (C=O) groups excluding carboxylic acids is 3. The van der Waals surface area contributed by atoms with Crippen LogP contribution in [0, 0.1) is 34.0 Å². The van der Waals surface area contributed by atoms with Crippen molar-refractivity contribution in [2.45, 2.75) is 184 Å². The number of nitrogens with zero attached hydrogens (tertiary/aromatic N) is 7. The highest BCUT2D eigenvalue weighted by Gasteiger charge is 2.45. The first kappa shape index (κ1) is 65.9. The molecule has 13 nitrogen and oxygen atoms in total. The molecule has 0 aliphatic carbocycles. The second-order valence-corrected chi connectivity index (χ2v) is 26.0. The average molecular weight is 1030 g/mol. The van der Waals surface area contributed by atoms with Crippen molar-refractivity contribution >= 4 is 17.3 Å². The van der Waals surface area contributed by atoms with Crippen molar-refractivity contribution < 1.29 is 28.6 Å². The number of hydrogen-bond acceptors (Lipinski definition) is 13. The Bertz CT molecular complexity index is 1520. The van der Waals surface area contributed by atoms with Gasteiger partial charge < -0.3 is 38.7 Å². The van der Waals surface area contributed by atoms with Gasteiger partial charge in [-0.05, 0) is 185 Å². The minimum absolute atomic E-state index is 0.0858. The van der Waals surface area contributed by atoms with E-state index in [9.17, 15) is 14.4 Å². The summed E-state index contributed by atoms with van der Waals surface area (Å²) in [5, 5.41) is 0. The summed E-state index contributed by atoms with van der Waals surface area (Å²) in [7, 11) is 8.42. The maximum Gasteiger partial charge on any atom is 0.141 e. The van der Waals surface area contributed by atoms with E-state index < -0.39 is 0 Å². The molecule has 5 aliphatic rings. The molecule has 5 saturated heterocycles. The summed E-state index contributed by atoms with van der Waals surface area (Å²) in [4.78, 5) is 56.0. The lowest BCUT2D eigenvalue weighted by atomic mass is 9.72. The van der Waals surface area contributed by atoms with Crippen molar-refractivity contribution in [3.8, 4) is 0 Å². The lowest BCUT2D eigenvalue weighted by molar-refractivity contribution is -0.138. The molecular weight excluding hydrogens is 915 g/mol. The molecule has 0 spiro atoms. The Hall–Kier alpha value is -1.39. The topological polar surface area (TPSA) is 102 Å². The van der Waals surface area contributed by atoms with Gasteiger partial charge in [0.15, 0.2) is 0 Å². The number of piperidine rings is 3. The molecular formula is C60H117N7O6. The van der Waals surface area contributed by atoms with Gasteiger partial charge in [-0.2, -0.15) is 0 Å². The Morgan fingerprint density at radius 1 is 0.507 bits per heavy atom. The van der Waals surface area contributed by atoms with Crippen molar-refractivity contribution in [2.24, 2.45) is 34.0 Å². The third-order valence-electron chi connectivity index (χ3n) is 17.4. The number of morpholine rings is 1. The van der Waals surface area contributed by atoms with E-state index in [0.717, 1.165) is 163 Å². The molecule has 428 valence electrons. The standard InChI is InChI=1S/C21H40N2O3.C20H39N3O.C19H38N2O2/c1-18(2)5-6-20(24)21(7-9-23(10-8-21)19(3)4)17-26-16-13-22-11-14-25-15-12-22;1-16(2)7-8-19(24)20(9-11-23(12-10-20)17(3)4)15-22-13-18(14-22)21(5)6;1-16(2)7-8-18(22)19(15-23-14-13-20(5)6)9-11-21(12-10-19)17(3)4/h18-19H,5-17H2,1-4H3;16-18H,7-15H2,1-6H3;16-17H,7-15H2,1-6H3. The van der Waals surface area contributed by atoms with Crippen molar-refractivity contribution in [1.29, 1.82) is 0 Å². The highest BCUT2D eigenvalue weighted by Crippen LogP contribution is 2.39. The lowest BCUT2D eigenvalue weighted by Gasteiger charge is -2.50. The molecule has 5 heterocycles. The molecule has 0 aromatic heterocycles. The zero-order valence-electron chi connectivity index (χ0n) is 50.5. The van der Waals surface area contributed by atoms with Gasteiger partial charge in [0.05, 0.1) is 50.5 Å². The van der Waals surface area contributed by atoms with Gasteiger partial charge in [-0.15, -0.1) is 0 Å². The second kappa shape index (κ2) is 33.1. The fourth-order valence-electron chi connectivity index (χ4n) is 11.2. The normalized spacial score (nSPS) is 21.5. The fraction of sp³-hybridized carbons (Fsp3) is 0.950. The molecule has 0 radical (unpaired) electrons. The number of likely N-dealkylation sites (tertiary alicyclic amines) is 4. The molecule has 5 rings (SSSR count). The number of carbonyl (C=O) groups is 3. The largest absolute Gasteiger partial charge is 0.379 e. The zero-order chi connectivity index (χ0) is 54.4. The minimum Gasteiger partial charge on any atom is -0.379 e. The molecule has 13 heteroatoms. The van der Waals surface area contributed by atoms with Crippen molar-refractivity contribution in [1.82, 2.24) is 34.3 Å². The summed E-state index contributed by atoms with van der Waals surface area (Å²) in [6.45, 7) is 44.3. The molecule has 0 aromatic carbocycles. The molecule has 5 fully saturated rings. The second-order valence-electron chi connectivity index (χ2n) is 26.0. The first-order valence-corrected chi connectivity index (χ1v) is 29.7. The maximum atomic E-state index is 13.1. The predicted octanol–water partition coefficient (Wildman–Crippen LogP) is 8.62. The smallest absolute Gasteiger partial charge is 0.141 e. The lowest BCUT2D eigenvalue weighted by Crippen LogP contribution is -2.61. The van der Waals surface area contributed by atoms with Crippen molar-refractivity contribution in [3.05, 3.63) is 0 Å². The number of Topliss-reactive ketones (excluding diaryl/α,β-unsaturated/α-hetero) is 3. The Balaban J connectivity index is 0.000000290. The van der Waals surface area contributed by atoms with Crippen molar-refractivity contribution in [2.75, 3.05) is 153 Å². The molecule has 0 atom stereocenters. The fourth-order valence-corrected chi connectivity index (χ4v) is 11.2. The average Bonchev–Trinajstić information content (AvgIpc) is 3.33. The zero-order valence-corrected chi connectivity index (χ0v) is 50.5. The molecule has 0 aromatic rings. The molecule has 0 amide bonds. The molecule has 0 unspecified atom stereocenters. The van der Waals surface area contributed by atoms with E-state index in [1.54, 1.807) is 0 Å². The van der Waals surface area contributed by atoms with Gasteiger partial charge in [-0.25, -0.2) is 0 Å². The van der Waals surface area contributed by atoms with Gasteiger partial charge in [-0.1, -0.05) is 41.5 Å². The van der Waals surface area contributed by atoms with Gasteiger partial charge in [0, 0.05) is 94.7 Å². The summed E-state index contributed by atoms with van der Waals surface area (Å²) in [5.74, 6) is 3.17. The van der Waals surface area contributed by atoms with E-state index >= 15 is 0 Å². The van der Waals surface area contributed by atoms with E-state index in [2.05, 4.69) is 131 Å². The van der Waals surface area contributed by atoms with E-state index in [-0.39, 0.29) is 16.2 Å². The van der Waals surface area contributed by atoms with E-state index in [1.165, 1.54) is 0 Å². The molecule has 0 bridgehead atoms. The quantitative estimate of drug-likeness (QED) is 0.0701. The van der Waals surface area contributed by atoms with Crippen molar-refractivity contribution in [3.63, 3.8) is 0 Å². The first-order chi connectivity index (χ1) is 34.4. The van der Waals surface area contributed by atoms with Gasteiger partial charge in [0.1, 0.15) is 17.3 Å². The van der Waals surface area contributed by atoms with Crippen LogP contribution in [-0.4, -0.2) is 229 Å². The summed E-state index contributed by atoms with van der Waals surface area (Å²) in [6.07, 6.45) is 11.1. The number of hydrogen-bond donors (Lipinski definition) is 0. The van der Waals surface area contributed by atoms with Crippen LogP contribution < -0.4 is 0 Å². The van der Waals surface area contributed by atoms with Crippen LogP contribution in [0.1, 0.15) is 160 Å². The maximum absolute atomic E-state index is 13.1. The highest BCUT2D eigenvalue weighted by molar-refractivity contribution is 5.86. The van der Waals surface area contributed by atoms with Crippen LogP contribution in [0.4, 0.5) is 0 Å². The summed E-state index contributed by atoms with van der Waals surface area (Å²) in [5.41, 5.74) is -0.588. The third kappa shape index (κ3) is 22.8. The van der Waals surface area contributed by atoms with E-state index in [0.29, 0.717) is 98.5 Å². The van der Waals surface area contributed by atoms with Crippen LogP contribution in [0.25, 0.3) is 0 Å². The van der Waals surface area contributed by atoms with Crippen LogP contribution in [0.3, 0.4) is 0 Å². The highest BCUT2D eigenvalue weighted by atomic mass is 16.5. The summed E-state index contributed by atoms with van der Waals surface area (Å²) >= 11 is 0.